The molecule has 3 heterocycles. The Morgan fingerprint density at radius 3 is 2.76 bits per heavy atom. The normalized spacial score (nSPS) is 27.0. The summed E-state index contributed by atoms with van der Waals surface area (Å²) in [5, 5.41) is 7.65. The van der Waals surface area contributed by atoms with Crippen molar-refractivity contribution in [2.24, 2.45) is 0 Å². The number of hydrogen-bond acceptors (Lipinski definition) is 6. The maximum Gasteiger partial charge on any atom is 0.229 e. The van der Waals surface area contributed by atoms with E-state index in [0.29, 0.717) is 29.6 Å². The van der Waals surface area contributed by atoms with Gasteiger partial charge in [0.05, 0.1) is 0 Å². The van der Waals surface area contributed by atoms with Crippen LogP contribution in [0.5, 0.6) is 0 Å². The number of nitrogens with one attached hydrogen (secondary N) is 1. The van der Waals surface area contributed by atoms with Crippen molar-refractivity contribution >= 4 is 5.82 Å². The maximum absolute atomic E-state index is 13.9. The van der Waals surface area contributed by atoms with Gasteiger partial charge in [-0.15, -0.1) is 0 Å². The summed E-state index contributed by atoms with van der Waals surface area (Å²) in [4.78, 5) is 10.6. The molecule has 1 saturated carbocycles. The maximum atomic E-state index is 13.9. The Kier molecular flexibility index (Phi) is 4.65. The predicted octanol–water partition coefficient (Wildman–Crippen LogP) is 2.81. The van der Waals surface area contributed by atoms with Crippen LogP contribution in [-0.4, -0.2) is 40.3 Å². The van der Waals surface area contributed by atoms with Crippen LogP contribution >= 0.6 is 0 Å². The van der Waals surface area contributed by atoms with E-state index in [1.807, 2.05) is 11.8 Å². The summed E-state index contributed by atoms with van der Waals surface area (Å²) >= 11 is 0. The molecule has 0 spiro atoms. The minimum atomic E-state index is -0.237. The Labute approximate surface area is 146 Å². The molecule has 25 heavy (non-hydrogen) atoms. The molecule has 1 N–H and O–H groups in total. The molecule has 1 aliphatic heterocycles. The first-order chi connectivity index (χ1) is 12.2. The second kappa shape index (κ2) is 7.07. The lowest BCUT2D eigenvalue weighted by Crippen LogP contribution is -2.42. The van der Waals surface area contributed by atoms with E-state index in [0.717, 1.165) is 51.1 Å². The van der Waals surface area contributed by atoms with Crippen LogP contribution in [0.4, 0.5) is 10.2 Å². The van der Waals surface area contributed by atoms with Crippen molar-refractivity contribution in [2.75, 3.05) is 18.0 Å². The molecule has 7 heteroatoms. The van der Waals surface area contributed by atoms with Gasteiger partial charge in [0.2, 0.25) is 5.89 Å². The fourth-order valence-corrected chi connectivity index (χ4v) is 4.02. The van der Waals surface area contributed by atoms with Gasteiger partial charge in [0.25, 0.3) is 0 Å². The minimum absolute atomic E-state index is 0.237. The van der Waals surface area contributed by atoms with E-state index in [1.165, 1.54) is 6.07 Å². The van der Waals surface area contributed by atoms with Gasteiger partial charge in [-0.1, -0.05) is 5.16 Å². The molecule has 2 aromatic rings. The second-order valence-corrected chi connectivity index (χ2v) is 7.14. The second-order valence-electron chi connectivity index (χ2n) is 7.14. The van der Waals surface area contributed by atoms with Crippen molar-refractivity contribution < 1.29 is 8.91 Å². The highest BCUT2D eigenvalue weighted by atomic mass is 19.1. The Bertz CT molecular complexity index is 713. The van der Waals surface area contributed by atoms with Crippen LogP contribution in [0.3, 0.4) is 0 Å². The van der Waals surface area contributed by atoms with Crippen molar-refractivity contribution in [3.63, 3.8) is 0 Å². The zero-order valence-electron chi connectivity index (χ0n) is 14.5. The molecule has 0 bridgehead atoms. The van der Waals surface area contributed by atoms with E-state index in [4.69, 9.17) is 4.52 Å². The zero-order chi connectivity index (χ0) is 17.2. The molecule has 0 amide bonds. The molecule has 0 aromatic carbocycles. The average Bonchev–Trinajstić information content (AvgIpc) is 3.25. The van der Waals surface area contributed by atoms with Gasteiger partial charge in [0, 0.05) is 37.3 Å². The fraction of sp³-hybridized carbons (Fsp3) is 0.611. The summed E-state index contributed by atoms with van der Waals surface area (Å²) in [5.41, 5.74) is 0. The Hall–Kier alpha value is -2.02. The summed E-state index contributed by atoms with van der Waals surface area (Å²) in [5.74, 6) is 2.12. The summed E-state index contributed by atoms with van der Waals surface area (Å²) in [6.07, 6.45) is 7.05. The zero-order valence-corrected chi connectivity index (χ0v) is 14.5. The molecular weight excluding hydrogens is 321 g/mol. The van der Waals surface area contributed by atoms with Gasteiger partial charge in [-0.3, -0.25) is 0 Å². The van der Waals surface area contributed by atoms with Crippen molar-refractivity contribution in [3.05, 3.63) is 35.9 Å². The monoisotopic (exact) mass is 345 g/mol. The van der Waals surface area contributed by atoms with E-state index in [-0.39, 0.29) is 5.82 Å². The molecule has 1 aliphatic carbocycles. The highest BCUT2D eigenvalue weighted by Gasteiger charge is 2.30. The van der Waals surface area contributed by atoms with Crippen molar-refractivity contribution in [1.82, 2.24) is 20.4 Å². The van der Waals surface area contributed by atoms with Crippen LogP contribution in [0.1, 0.15) is 49.7 Å². The first-order valence-corrected chi connectivity index (χ1v) is 9.11. The molecule has 134 valence electrons. The number of rotatable bonds is 4. The van der Waals surface area contributed by atoms with Crippen LogP contribution in [0.15, 0.2) is 22.9 Å². The molecule has 0 radical (unpaired) electrons. The third-order valence-corrected chi connectivity index (χ3v) is 5.32. The molecule has 1 saturated heterocycles. The third kappa shape index (κ3) is 3.66. The summed E-state index contributed by atoms with van der Waals surface area (Å²) in [7, 11) is 0. The molecule has 2 fully saturated rings. The fourth-order valence-electron chi connectivity index (χ4n) is 4.02. The van der Waals surface area contributed by atoms with E-state index in [1.54, 1.807) is 12.3 Å². The number of aryl methyl sites for hydroxylation is 1. The third-order valence-electron chi connectivity index (χ3n) is 5.32. The first kappa shape index (κ1) is 16.4. The van der Waals surface area contributed by atoms with Crippen LogP contribution < -0.4 is 10.2 Å². The number of halogens is 1. The molecule has 6 nitrogen and oxygen atoms in total. The smallest absolute Gasteiger partial charge is 0.229 e. The van der Waals surface area contributed by atoms with Crippen LogP contribution in [-0.2, 0) is 0 Å². The largest absolute Gasteiger partial charge is 0.353 e. The Morgan fingerprint density at radius 1 is 1.20 bits per heavy atom. The van der Waals surface area contributed by atoms with E-state index >= 15 is 0 Å². The summed E-state index contributed by atoms with van der Waals surface area (Å²) in [6, 6.07) is 4.02. The lowest BCUT2D eigenvalue weighted by Gasteiger charge is -2.29. The number of nitrogens with zero attached hydrogens (tertiary/aromatic N) is 4. The number of hydrogen-bond donors (Lipinski definition) is 1. The van der Waals surface area contributed by atoms with E-state index in [9.17, 15) is 4.39 Å². The highest BCUT2D eigenvalue weighted by molar-refractivity contribution is 5.41. The highest BCUT2D eigenvalue weighted by Crippen LogP contribution is 2.32. The minimum Gasteiger partial charge on any atom is -0.353 e. The van der Waals surface area contributed by atoms with E-state index in [2.05, 4.69) is 20.4 Å². The quantitative estimate of drug-likeness (QED) is 0.919. The summed E-state index contributed by atoms with van der Waals surface area (Å²) in [6.45, 7) is 3.52. The lowest BCUT2D eigenvalue weighted by molar-refractivity contribution is 0.273. The predicted molar refractivity (Wildman–Crippen MR) is 92.0 cm³/mol. The average molecular weight is 345 g/mol. The number of aromatic nitrogens is 3. The SMILES string of the molecule is Cc1noc(C2CCC(NC3CCN(c4ncccc4F)C3)CC2)n1. The Balaban J connectivity index is 1.27. The van der Waals surface area contributed by atoms with Gasteiger partial charge in [-0.05, 0) is 51.2 Å². The molecular formula is C18H24FN5O. The number of anilines is 1. The van der Waals surface area contributed by atoms with Crippen molar-refractivity contribution in [1.29, 1.82) is 0 Å². The van der Waals surface area contributed by atoms with Crippen LogP contribution in [0.2, 0.25) is 0 Å². The van der Waals surface area contributed by atoms with Crippen molar-refractivity contribution in [3.8, 4) is 0 Å². The van der Waals surface area contributed by atoms with Gasteiger partial charge in [-0.2, -0.15) is 4.98 Å². The number of pyridine rings is 1. The van der Waals surface area contributed by atoms with Gasteiger partial charge < -0.3 is 14.7 Å². The molecule has 2 aliphatic rings. The Morgan fingerprint density at radius 2 is 2.04 bits per heavy atom. The topological polar surface area (TPSA) is 67.1 Å². The standard InChI is InChI=1S/C18H24FN5O/c1-12-21-18(25-23-12)13-4-6-14(7-5-13)22-15-8-10-24(11-15)17-16(19)3-2-9-20-17/h2-3,9,13-15,22H,4-8,10-11H2,1H3. The molecule has 1 atom stereocenters. The van der Waals surface area contributed by atoms with E-state index < -0.39 is 0 Å². The summed E-state index contributed by atoms with van der Waals surface area (Å²) < 4.78 is 19.2. The van der Waals surface area contributed by atoms with Crippen LogP contribution in [0.25, 0.3) is 0 Å². The molecule has 2 aromatic heterocycles. The van der Waals surface area contributed by atoms with Crippen molar-refractivity contribution in [2.45, 2.75) is 57.0 Å². The first-order valence-electron chi connectivity index (χ1n) is 9.11. The lowest BCUT2D eigenvalue weighted by atomic mass is 9.85. The van der Waals surface area contributed by atoms with Gasteiger partial charge in [0.1, 0.15) is 0 Å². The molecule has 4 rings (SSSR count). The van der Waals surface area contributed by atoms with Crippen LogP contribution in [0, 0.1) is 12.7 Å². The molecule has 1 unspecified atom stereocenters. The van der Waals surface area contributed by atoms with Gasteiger partial charge >= 0.3 is 0 Å². The van der Waals surface area contributed by atoms with Gasteiger partial charge in [0.15, 0.2) is 17.5 Å². The van der Waals surface area contributed by atoms with Gasteiger partial charge in [-0.25, -0.2) is 9.37 Å².